The minimum Gasteiger partial charge on any atom is -0.465 e. The van der Waals surface area contributed by atoms with Gasteiger partial charge in [-0.25, -0.2) is 4.79 Å². The molecule has 4 nitrogen and oxygen atoms in total. The summed E-state index contributed by atoms with van der Waals surface area (Å²) in [5, 5.41) is 0. The summed E-state index contributed by atoms with van der Waals surface area (Å²) in [6, 6.07) is 0. The van der Waals surface area contributed by atoms with E-state index in [9.17, 15) is 9.59 Å². The molecule has 0 unspecified atom stereocenters. The summed E-state index contributed by atoms with van der Waals surface area (Å²) >= 11 is 0. The highest BCUT2D eigenvalue weighted by atomic mass is 16.5. The van der Waals surface area contributed by atoms with Crippen molar-refractivity contribution in [2.75, 3.05) is 7.11 Å². The van der Waals surface area contributed by atoms with Crippen LogP contribution in [0.15, 0.2) is 24.3 Å². The van der Waals surface area contributed by atoms with Crippen molar-refractivity contribution in [1.82, 2.24) is 0 Å². The van der Waals surface area contributed by atoms with Crippen molar-refractivity contribution in [3.8, 4) is 0 Å². The molecule has 0 saturated carbocycles. The molecule has 4 heteroatoms. The molecule has 0 aliphatic rings. The Morgan fingerprint density at radius 3 is 2.00 bits per heavy atom. The SMILES string of the molecule is C=C(C(=C)C(=O)OC)C(N)=O. The van der Waals surface area contributed by atoms with Gasteiger partial charge >= 0.3 is 5.97 Å². The van der Waals surface area contributed by atoms with Crippen LogP contribution in [0.3, 0.4) is 0 Å². The third kappa shape index (κ3) is 2.25. The molecule has 0 aliphatic carbocycles. The fourth-order valence-electron chi connectivity index (χ4n) is 0.395. The monoisotopic (exact) mass is 155 g/mol. The summed E-state index contributed by atoms with van der Waals surface area (Å²) in [5.74, 6) is -1.48. The van der Waals surface area contributed by atoms with Crippen molar-refractivity contribution >= 4 is 11.9 Å². The number of rotatable bonds is 3. The van der Waals surface area contributed by atoms with Crippen LogP contribution in [0, 0.1) is 0 Å². The smallest absolute Gasteiger partial charge is 0.338 e. The number of nitrogens with two attached hydrogens (primary N) is 1. The van der Waals surface area contributed by atoms with E-state index in [1.807, 2.05) is 0 Å². The molecule has 0 saturated heterocycles. The van der Waals surface area contributed by atoms with Gasteiger partial charge in [-0.05, 0) is 0 Å². The Morgan fingerprint density at radius 1 is 1.27 bits per heavy atom. The van der Waals surface area contributed by atoms with Gasteiger partial charge in [0, 0.05) is 5.57 Å². The van der Waals surface area contributed by atoms with Crippen LogP contribution in [0.4, 0.5) is 0 Å². The fourth-order valence-corrected chi connectivity index (χ4v) is 0.395. The van der Waals surface area contributed by atoms with Crippen molar-refractivity contribution in [2.45, 2.75) is 0 Å². The van der Waals surface area contributed by atoms with E-state index in [4.69, 9.17) is 5.73 Å². The van der Waals surface area contributed by atoms with Gasteiger partial charge in [0.1, 0.15) is 0 Å². The molecule has 0 aromatic rings. The lowest BCUT2D eigenvalue weighted by Gasteiger charge is -2.01. The van der Waals surface area contributed by atoms with E-state index in [2.05, 4.69) is 17.9 Å². The van der Waals surface area contributed by atoms with Crippen molar-refractivity contribution in [3.63, 3.8) is 0 Å². The van der Waals surface area contributed by atoms with Crippen LogP contribution in [-0.4, -0.2) is 19.0 Å². The van der Waals surface area contributed by atoms with E-state index in [1.54, 1.807) is 0 Å². The molecule has 60 valence electrons. The summed E-state index contributed by atoms with van der Waals surface area (Å²) in [4.78, 5) is 21.1. The predicted octanol–water partition coefficient (Wildman–Crippen LogP) is -0.243. The van der Waals surface area contributed by atoms with Crippen molar-refractivity contribution < 1.29 is 14.3 Å². The molecule has 0 aliphatic heterocycles. The Balaban J connectivity index is 4.39. The summed E-state index contributed by atoms with van der Waals surface area (Å²) < 4.78 is 4.28. The lowest BCUT2D eigenvalue weighted by Crippen LogP contribution is -2.18. The van der Waals surface area contributed by atoms with Crippen molar-refractivity contribution in [2.24, 2.45) is 5.73 Å². The third-order valence-corrected chi connectivity index (χ3v) is 1.09. The van der Waals surface area contributed by atoms with E-state index in [1.165, 1.54) is 7.11 Å². The van der Waals surface area contributed by atoms with Crippen LogP contribution in [0.25, 0.3) is 0 Å². The first-order valence-corrected chi connectivity index (χ1v) is 2.77. The van der Waals surface area contributed by atoms with E-state index in [0.29, 0.717) is 0 Å². The molecule has 0 atom stereocenters. The van der Waals surface area contributed by atoms with E-state index >= 15 is 0 Å². The lowest BCUT2D eigenvalue weighted by molar-refractivity contribution is -0.136. The Morgan fingerprint density at radius 2 is 1.73 bits per heavy atom. The number of hydrogen-bond acceptors (Lipinski definition) is 3. The van der Waals surface area contributed by atoms with Gasteiger partial charge in [0.15, 0.2) is 0 Å². The zero-order chi connectivity index (χ0) is 9.02. The van der Waals surface area contributed by atoms with Crippen LogP contribution in [0.1, 0.15) is 0 Å². The normalized spacial score (nSPS) is 8.45. The Kier molecular flexibility index (Phi) is 3.04. The first-order chi connectivity index (χ1) is 5.00. The molecule has 0 aromatic carbocycles. The molecule has 0 bridgehead atoms. The number of hydrogen-bond donors (Lipinski definition) is 1. The van der Waals surface area contributed by atoms with Gasteiger partial charge in [0.2, 0.25) is 5.91 Å². The molecule has 0 fully saturated rings. The number of ether oxygens (including phenoxy) is 1. The molecule has 11 heavy (non-hydrogen) atoms. The van der Waals surface area contributed by atoms with Gasteiger partial charge in [-0.15, -0.1) is 0 Å². The standard InChI is InChI=1S/C7H9NO3/c1-4(6(8)9)5(2)7(10)11-3/h1-2H2,3H3,(H2,8,9). The van der Waals surface area contributed by atoms with Crippen LogP contribution >= 0.6 is 0 Å². The maximum absolute atomic E-state index is 10.7. The lowest BCUT2D eigenvalue weighted by atomic mass is 10.1. The molecule has 1 amide bonds. The number of amides is 1. The van der Waals surface area contributed by atoms with E-state index in [-0.39, 0.29) is 11.1 Å². The second kappa shape index (κ2) is 3.55. The summed E-state index contributed by atoms with van der Waals surface area (Å²) in [6.07, 6.45) is 0. The predicted molar refractivity (Wildman–Crippen MR) is 39.5 cm³/mol. The Labute approximate surface area is 64.3 Å². The minimum atomic E-state index is -0.777. The minimum absolute atomic E-state index is 0.111. The third-order valence-electron chi connectivity index (χ3n) is 1.09. The summed E-state index contributed by atoms with van der Waals surface area (Å²) in [5.41, 5.74) is 4.58. The first-order valence-electron chi connectivity index (χ1n) is 2.77. The number of carbonyl (C=O) groups excluding carboxylic acids is 2. The van der Waals surface area contributed by atoms with Gasteiger partial charge < -0.3 is 10.5 Å². The number of methoxy groups -OCH3 is 1. The highest BCUT2D eigenvalue weighted by molar-refractivity contribution is 6.07. The molecular formula is C7H9NO3. The number of esters is 1. The largest absolute Gasteiger partial charge is 0.465 e. The van der Waals surface area contributed by atoms with Crippen LogP contribution in [0.2, 0.25) is 0 Å². The Hall–Kier alpha value is -1.58. The van der Waals surface area contributed by atoms with Gasteiger partial charge in [0.05, 0.1) is 12.7 Å². The van der Waals surface area contributed by atoms with Gasteiger partial charge in [-0.2, -0.15) is 0 Å². The van der Waals surface area contributed by atoms with Gasteiger partial charge in [-0.1, -0.05) is 13.2 Å². The second-order valence-corrected chi connectivity index (χ2v) is 1.81. The quantitative estimate of drug-likeness (QED) is 0.347. The second-order valence-electron chi connectivity index (χ2n) is 1.81. The average Bonchev–Trinajstić information content (AvgIpc) is 2.00. The number of primary amides is 1. The molecule has 0 radical (unpaired) electrons. The zero-order valence-corrected chi connectivity index (χ0v) is 6.22. The summed E-state index contributed by atoms with van der Waals surface area (Å²) in [6.45, 7) is 6.52. The van der Waals surface area contributed by atoms with Gasteiger partial charge in [-0.3, -0.25) is 4.79 Å². The molecule has 0 aromatic heterocycles. The maximum Gasteiger partial charge on any atom is 0.338 e. The van der Waals surface area contributed by atoms with Crippen molar-refractivity contribution in [1.29, 1.82) is 0 Å². The molecule has 0 rings (SSSR count). The van der Waals surface area contributed by atoms with Crippen LogP contribution < -0.4 is 5.73 Å². The molecular weight excluding hydrogens is 146 g/mol. The summed E-state index contributed by atoms with van der Waals surface area (Å²) in [7, 11) is 1.18. The maximum atomic E-state index is 10.7. The van der Waals surface area contributed by atoms with E-state index in [0.717, 1.165) is 0 Å². The van der Waals surface area contributed by atoms with Crippen molar-refractivity contribution in [3.05, 3.63) is 24.3 Å². The van der Waals surface area contributed by atoms with E-state index < -0.39 is 11.9 Å². The van der Waals surface area contributed by atoms with Crippen LogP contribution in [0.5, 0.6) is 0 Å². The van der Waals surface area contributed by atoms with Crippen LogP contribution in [-0.2, 0) is 14.3 Å². The molecule has 0 spiro atoms. The number of carbonyl (C=O) groups is 2. The fraction of sp³-hybridized carbons (Fsp3) is 0.143. The Bertz CT molecular complexity index is 230. The highest BCUT2D eigenvalue weighted by Crippen LogP contribution is 2.05. The topological polar surface area (TPSA) is 69.4 Å². The first kappa shape index (κ1) is 9.42. The van der Waals surface area contributed by atoms with Gasteiger partial charge in [0.25, 0.3) is 0 Å². The molecule has 0 heterocycles. The zero-order valence-electron chi connectivity index (χ0n) is 6.22. The average molecular weight is 155 g/mol. The highest BCUT2D eigenvalue weighted by Gasteiger charge is 2.13. The molecule has 2 N–H and O–H groups in total.